The molecule has 0 bridgehead atoms. The fourth-order valence-electron chi connectivity index (χ4n) is 4.11. The first-order chi connectivity index (χ1) is 13.9. The SMILES string of the molecule is COc1ccc(C[NH+]2CC[NH+](Cn3c(=S)nc4nc(C)cc(C)n43)CC2)cc1F. The molecule has 4 rings (SSSR count). The fourth-order valence-corrected chi connectivity index (χ4v) is 4.34. The molecule has 0 spiro atoms. The van der Waals surface area contributed by atoms with Crippen molar-refractivity contribution in [3.8, 4) is 5.75 Å². The normalized spacial score (nSPS) is 19.6. The summed E-state index contributed by atoms with van der Waals surface area (Å²) in [7, 11) is 1.49. The Morgan fingerprint density at radius 1 is 1.10 bits per heavy atom. The van der Waals surface area contributed by atoms with E-state index in [1.54, 1.807) is 12.1 Å². The number of aryl methyl sites for hydroxylation is 2. The van der Waals surface area contributed by atoms with Crippen molar-refractivity contribution in [3.05, 3.63) is 51.8 Å². The molecule has 0 atom stereocenters. The van der Waals surface area contributed by atoms with Crippen LogP contribution in [0.4, 0.5) is 4.39 Å². The van der Waals surface area contributed by atoms with E-state index in [-0.39, 0.29) is 5.82 Å². The Morgan fingerprint density at radius 2 is 1.83 bits per heavy atom. The van der Waals surface area contributed by atoms with Gasteiger partial charge in [-0.1, -0.05) is 0 Å². The minimum absolute atomic E-state index is 0.294. The van der Waals surface area contributed by atoms with Crippen molar-refractivity contribution >= 4 is 18.0 Å². The predicted octanol–water partition coefficient (Wildman–Crippen LogP) is -0.0341. The summed E-state index contributed by atoms with van der Waals surface area (Å²) < 4.78 is 23.6. The van der Waals surface area contributed by atoms with E-state index in [2.05, 4.69) is 16.9 Å². The molecular weight excluding hydrogens is 391 g/mol. The third-order valence-electron chi connectivity index (χ3n) is 5.58. The number of rotatable bonds is 5. The predicted molar refractivity (Wildman–Crippen MR) is 109 cm³/mol. The van der Waals surface area contributed by atoms with Crippen LogP contribution in [0, 0.1) is 24.4 Å². The number of ether oxygens (including phenoxy) is 1. The van der Waals surface area contributed by atoms with Crippen molar-refractivity contribution in [2.45, 2.75) is 27.1 Å². The first-order valence-corrected chi connectivity index (χ1v) is 10.3. The quantitative estimate of drug-likeness (QED) is 0.572. The molecule has 29 heavy (non-hydrogen) atoms. The molecule has 7 nitrogen and oxygen atoms in total. The lowest BCUT2D eigenvalue weighted by atomic mass is 10.2. The highest BCUT2D eigenvalue weighted by Gasteiger charge is 2.24. The number of nitrogens with zero attached hydrogens (tertiary/aromatic N) is 4. The molecule has 1 saturated heterocycles. The van der Waals surface area contributed by atoms with Crippen LogP contribution >= 0.6 is 12.2 Å². The summed E-state index contributed by atoms with van der Waals surface area (Å²) in [6.45, 7) is 9.74. The van der Waals surface area contributed by atoms with Crippen molar-refractivity contribution in [3.63, 3.8) is 0 Å². The van der Waals surface area contributed by atoms with Crippen molar-refractivity contribution in [1.82, 2.24) is 19.2 Å². The molecule has 1 aliphatic heterocycles. The molecule has 0 unspecified atom stereocenters. The Bertz CT molecular complexity index is 1090. The van der Waals surface area contributed by atoms with Crippen LogP contribution in [0.15, 0.2) is 24.3 Å². The maximum atomic E-state index is 13.9. The Labute approximate surface area is 174 Å². The highest BCUT2D eigenvalue weighted by atomic mass is 32.1. The molecule has 1 aliphatic rings. The summed E-state index contributed by atoms with van der Waals surface area (Å²) in [5, 5.41) is 0. The van der Waals surface area contributed by atoms with Gasteiger partial charge in [-0.05, 0) is 50.3 Å². The molecular formula is C20H27FN6OS+2. The van der Waals surface area contributed by atoms with Gasteiger partial charge in [-0.2, -0.15) is 4.98 Å². The lowest BCUT2D eigenvalue weighted by molar-refractivity contribution is -1.03. The van der Waals surface area contributed by atoms with Crippen LogP contribution in [0.25, 0.3) is 5.78 Å². The minimum Gasteiger partial charge on any atom is -0.494 e. The lowest BCUT2D eigenvalue weighted by Crippen LogP contribution is -3.27. The second kappa shape index (κ2) is 8.17. The van der Waals surface area contributed by atoms with E-state index >= 15 is 0 Å². The van der Waals surface area contributed by atoms with Gasteiger partial charge >= 0.3 is 0 Å². The van der Waals surface area contributed by atoms with Crippen molar-refractivity contribution < 1.29 is 18.9 Å². The number of piperazine rings is 1. The zero-order valence-electron chi connectivity index (χ0n) is 17.0. The molecule has 1 fully saturated rings. The molecule has 0 radical (unpaired) electrons. The topological polar surface area (TPSA) is 53.2 Å². The lowest BCUT2D eigenvalue weighted by Gasteiger charge is -2.30. The smallest absolute Gasteiger partial charge is 0.252 e. The van der Waals surface area contributed by atoms with Gasteiger partial charge in [0, 0.05) is 17.0 Å². The first kappa shape index (κ1) is 19.9. The van der Waals surface area contributed by atoms with Gasteiger partial charge in [0.05, 0.1) is 7.11 Å². The van der Waals surface area contributed by atoms with Crippen LogP contribution in [0.1, 0.15) is 17.0 Å². The largest absolute Gasteiger partial charge is 0.494 e. The van der Waals surface area contributed by atoms with Gasteiger partial charge in [0.1, 0.15) is 32.7 Å². The van der Waals surface area contributed by atoms with Crippen molar-refractivity contribution in [2.75, 3.05) is 33.3 Å². The second-order valence-electron chi connectivity index (χ2n) is 7.75. The highest BCUT2D eigenvalue weighted by Crippen LogP contribution is 2.17. The van der Waals surface area contributed by atoms with Crippen molar-refractivity contribution in [2.24, 2.45) is 0 Å². The summed E-state index contributed by atoms with van der Waals surface area (Å²) in [6.07, 6.45) is 0. The number of fused-ring (bicyclic) bond motifs is 1. The Kier molecular flexibility index (Phi) is 5.62. The Hall–Kier alpha value is -2.36. The van der Waals surface area contributed by atoms with Crippen LogP contribution in [-0.2, 0) is 13.2 Å². The number of halogens is 1. The Balaban J connectivity index is 1.41. The maximum absolute atomic E-state index is 13.9. The second-order valence-corrected chi connectivity index (χ2v) is 8.11. The van der Waals surface area contributed by atoms with Gasteiger partial charge in [0.25, 0.3) is 5.78 Å². The van der Waals surface area contributed by atoms with Gasteiger partial charge in [-0.3, -0.25) is 0 Å². The number of aromatic nitrogens is 4. The third-order valence-corrected chi connectivity index (χ3v) is 5.89. The van der Waals surface area contributed by atoms with Crippen LogP contribution < -0.4 is 14.5 Å². The molecule has 2 N–H and O–H groups in total. The summed E-state index contributed by atoms with van der Waals surface area (Å²) in [6, 6.07) is 7.28. The molecule has 0 saturated carbocycles. The van der Waals surface area contributed by atoms with E-state index in [9.17, 15) is 4.39 Å². The van der Waals surface area contributed by atoms with E-state index in [0.29, 0.717) is 16.3 Å². The fraction of sp³-hybridized carbons (Fsp3) is 0.450. The van der Waals surface area contributed by atoms with Crippen LogP contribution in [0.2, 0.25) is 0 Å². The van der Waals surface area contributed by atoms with Gasteiger partial charge in [0.15, 0.2) is 18.2 Å². The van der Waals surface area contributed by atoms with E-state index in [4.69, 9.17) is 17.0 Å². The highest BCUT2D eigenvalue weighted by molar-refractivity contribution is 7.71. The number of hydrogen-bond acceptors (Lipinski definition) is 4. The molecule has 0 amide bonds. The van der Waals surface area contributed by atoms with Crippen LogP contribution in [-0.4, -0.2) is 52.5 Å². The molecule has 2 aromatic heterocycles. The Morgan fingerprint density at radius 3 is 2.52 bits per heavy atom. The number of hydrogen-bond donors (Lipinski definition) is 2. The average molecular weight is 419 g/mol. The summed E-state index contributed by atoms with van der Waals surface area (Å²) in [5.74, 6) is 0.662. The van der Waals surface area contributed by atoms with Crippen LogP contribution in [0.3, 0.4) is 0 Å². The summed E-state index contributed by atoms with van der Waals surface area (Å²) >= 11 is 5.49. The van der Waals surface area contributed by atoms with E-state index in [1.165, 1.54) is 16.9 Å². The molecule has 154 valence electrons. The number of methoxy groups -OCH3 is 1. The average Bonchev–Trinajstić information content (AvgIpc) is 2.98. The van der Waals surface area contributed by atoms with E-state index in [0.717, 1.165) is 56.3 Å². The molecule has 1 aromatic carbocycles. The van der Waals surface area contributed by atoms with Gasteiger partial charge < -0.3 is 14.5 Å². The van der Waals surface area contributed by atoms with E-state index < -0.39 is 0 Å². The monoisotopic (exact) mass is 418 g/mol. The number of quaternary nitrogens is 2. The summed E-state index contributed by atoms with van der Waals surface area (Å²) in [4.78, 5) is 11.9. The maximum Gasteiger partial charge on any atom is 0.252 e. The molecule has 0 aliphatic carbocycles. The number of nitrogens with one attached hydrogen (secondary N) is 2. The van der Waals surface area contributed by atoms with Gasteiger partial charge in [0.2, 0.25) is 4.77 Å². The summed E-state index contributed by atoms with van der Waals surface area (Å²) in [5.41, 5.74) is 3.03. The van der Waals surface area contributed by atoms with Crippen molar-refractivity contribution in [1.29, 1.82) is 0 Å². The van der Waals surface area contributed by atoms with Gasteiger partial charge in [-0.25, -0.2) is 18.6 Å². The zero-order chi connectivity index (χ0) is 20.5. The third kappa shape index (κ3) is 4.17. The van der Waals surface area contributed by atoms with Crippen LogP contribution in [0.5, 0.6) is 5.75 Å². The standard InChI is InChI=1S/C20H25FN6OS/c1-14-10-15(2)27-19(22-14)23-20(29)26(27)13-25-8-6-24(7-9-25)12-16-4-5-18(28-3)17(21)11-16/h4-5,10-11H,6-9,12-13H2,1-3H3/p+2. The minimum atomic E-state index is -0.296. The van der Waals surface area contributed by atoms with E-state index in [1.807, 2.05) is 28.3 Å². The number of benzene rings is 1. The molecule has 3 heterocycles. The van der Waals surface area contributed by atoms with Gasteiger partial charge in [-0.15, -0.1) is 0 Å². The first-order valence-electron chi connectivity index (χ1n) is 9.88. The molecule has 3 aromatic rings. The zero-order valence-corrected chi connectivity index (χ0v) is 17.9. The molecule has 9 heteroatoms.